The molecule has 2 amide bonds. The van der Waals surface area contributed by atoms with E-state index in [0.717, 1.165) is 39.0 Å². The van der Waals surface area contributed by atoms with Crippen molar-refractivity contribution in [3.05, 3.63) is 29.8 Å². The number of piperidine rings is 1. The van der Waals surface area contributed by atoms with Crippen LogP contribution in [-0.2, 0) is 6.54 Å². The highest BCUT2D eigenvalue weighted by molar-refractivity contribution is 5.74. The largest absolute Gasteiger partial charge is 0.371 e. The summed E-state index contributed by atoms with van der Waals surface area (Å²) in [5.41, 5.74) is 2.47. The Morgan fingerprint density at radius 1 is 1.17 bits per heavy atom. The molecule has 0 aliphatic carbocycles. The number of carbonyl (C=O) groups is 1. The summed E-state index contributed by atoms with van der Waals surface area (Å²) in [5, 5.41) is 6.13. The first-order valence-electron chi connectivity index (χ1n) is 8.78. The fourth-order valence-corrected chi connectivity index (χ4v) is 3.62. The molecule has 1 atom stereocenters. The van der Waals surface area contributed by atoms with Crippen molar-refractivity contribution in [2.75, 3.05) is 38.1 Å². The number of benzene rings is 1. The topological polar surface area (TPSA) is 47.6 Å². The van der Waals surface area contributed by atoms with Crippen molar-refractivity contribution in [3.63, 3.8) is 0 Å². The van der Waals surface area contributed by atoms with Gasteiger partial charge >= 0.3 is 6.03 Å². The Labute approximate surface area is 139 Å². The molecule has 126 valence electrons. The van der Waals surface area contributed by atoms with E-state index in [4.69, 9.17) is 0 Å². The van der Waals surface area contributed by atoms with Crippen molar-refractivity contribution < 1.29 is 4.79 Å². The van der Waals surface area contributed by atoms with Gasteiger partial charge in [0.2, 0.25) is 0 Å². The van der Waals surface area contributed by atoms with Crippen LogP contribution in [0.4, 0.5) is 10.5 Å². The van der Waals surface area contributed by atoms with Crippen LogP contribution in [0.5, 0.6) is 0 Å². The lowest BCUT2D eigenvalue weighted by molar-refractivity contribution is 0.209. The molecule has 2 aliphatic rings. The van der Waals surface area contributed by atoms with Gasteiger partial charge < -0.3 is 20.4 Å². The van der Waals surface area contributed by atoms with Gasteiger partial charge in [-0.25, -0.2) is 4.79 Å². The number of nitrogens with one attached hydrogen (secondary N) is 2. The number of likely N-dealkylation sites (tertiary alicyclic amines) is 1. The van der Waals surface area contributed by atoms with Crippen molar-refractivity contribution >= 4 is 11.7 Å². The number of carbonyl (C=O) groups excluding carboxylic acids is 1. The van der Waals surface area contributed by atoms with Gasteiger partial charge in [-0.05, 0) is 50.9 Å². The second kappa shape index (κ2) is 7.68. The van der Waals surface area contributed by atoms with Crippen LogP contribution in [0.1, 0.15) is 31.2 Å². The lowest BCUT2D eigenvalue weighted by Gasteiger charge is -2.30. The molecule has 2 N–H and O–H groups in total. The number of likely N-dealkylation sites (N-methyl/N-ethyl adjacent to an activating group) is 1. The minimum atomic E-state index is -0.0541. The molecule has 0 aromatic heterocycles. The van der Waals surface area contributed by atoms with Crippen molar-refractivity contribution in [1.29, 1.82) is 0 Å². The van der Waals surface area contributed by atoms with E-state index in [9.17, 15) is 4.79 Å². The number of anilines is 1. The number of hydrogen-bond donors (Lipinski definition) is 2. The van der Waals surface area contributed by atoms with Gasteiger partial charge in [0.05, 0.1) is 0 Å². The summed E-state index contributed by atoms with van der Waals surface area (Å²) < 4.78 is 0. The van der Waals surface area contributed by atoms with Crippen LogP contribution < -0.4 is 15.5 Å². The van der Waals surface area contributed by atoms with E-state index in [1.54, 1.807) is 0 Å². The van der Waals surface area contributed by atoms with Crippen molar-refractivity contribution in [2.24, 2.45) is 0 Å². The van der Waals surface area contributed by atoms with E-state index in [2.05, 4.69) is 45.7 Å². The maximum atomic E-state index is 12.2. The molecule has 0 radical (unpaired) electrons. The fraction of sp³-hybridized carbons (Fsp3) is 0.611. The second-order valence-corrected chi connectivity index (χ2v) is 6.75. The maximum Gasteiger partial charge on any atom is 0.315 e. The Hall–Kier alpha value is -1.75. The highest BCUT2D eigenvalue weighted by Gasteiger charge is 2.19. The molecule has 0 saturated carbocycles. The molecule has 1 unspecified atom stereocenters. The molecular weight excluding hydrogens is 288 g/mol. The summed E-state index contributed by atoms with van der Waals surface area (Å²) in [6.07, 6.45) is 4.75. The molecule has 0 bridgehead atoms. The van der Waals surface area contributed by atoms with Gasteiger partial charge in [-0.15, -0.1) is 0 Å². The van der Waals surface area contributed by atoms with Gasteiger partial charge in [-0.1, -0.05) is 18.2 Å². The smallest absolute Gasteiger partial charge is 0.315 e. The van der Waals surface area contributed by atoms with Gasteiger partial charge in [0.1, 0.15) is 0 Å². The zero-order valence-electron chi connectivity index (χ0n) is 14.1. The monoisotopic (exact) mass is 316 g/mol. The average Bonchev–Trinajstić information content (AvgIpc) is 3.07. The van der Waals surface area contributed by atoms with E-state index >= 15 is 0 Å². The predicted molar refractivity (Wildman–Crippen MR) is 93.8 cm³/mol. The zero-order valence-corrected chi connectivity index (χ0v) is 14.1. The molecule has 1 aromatic rings. The molecule has 2 heterocycles. The molecule has 2 aliphatic heterocycles. The summed E-state index contributed by atoms with van der Waals surface area (Å²) >= 11 is 0. The van der Waals surface area contributed by atoms with Crippen LogP contribution in [0, 0.1) is 0 Å². The van der Waals surface area contributed by atoms with Crippen LogP contribution in [-0.4, -0.2) is 50.2 Å². The summed E-state index contributed by atoms with van der Waals surface area (Å²) in [6, 6.07) is 8.61. The Kier molecular flexibility index (Phi) is 5.39. The van der Waals surface area contributed by atoms with E-state index in [1.807, 2.05) is 6.07 Å². The van der Waals surface area contributed by atoms with Gasteiger partial charge in [-0.2, -0.15) is 0 Å². The highest BCUT2D eigenvalue weighted by atomic mass is 16.2. The fourth-order valence-electron chi connectivity index (χ4n) is 3.62. The van der Waals surface area contributed by atoms with E-state index in [1.165, 1.54) is 24.1 Å². The number of urea groups is 1. The van der Waals surface area contributed by atoms with Gasteiger partial charge in [-0.3, -0.25) is 0 Å². The SMILES string of the molecule is CN1CCCC(NC(=O)NCc2ccccc2N2CCCC2)C1. The number of para-hydroxylation sites is 1. The minimum Gasteiger partial charge on any atom is -0.371 e. The van der Waals surface area contributed by atoms with Crippen LogP contribution >= 0.6 is 0 Å². The normalized spacial score (nSPS) is 22.1. The Balaban J connectivity index is 1.52. The van der Waals surface area contributed by atoms with Gasteiger partial charge in [0.15, 0.2) is 0 Å². The number of amides is 2. The third-order valence-electron chi connectivity index (χ3n) is 4.84. The predicted octanol–water partition coefficient (Wildman–Crippen LogP) is 2.18. The van der Waals surface area contributed by atoms with Crippen molar-refractivity contribution in [3.8, 4) is 0 Å². The van der Waals surface area contributed by atoms with E-state index in [-0.39, 0.29) is 12.1 Å². The van der Waals surface area contributed by atoms with Crippen LogP contribution in [0.3, 0.4) is 0 Å². The third-order valence-corrected chi connectivity index (χ3v) is 4.84. The molecule has 5 heteroatoms. The Morgan fingerprint density at radius 3 is 2.74 bits per heavy atom. The first-order valence-corrected chi connectivity index (χ1v) is 8.78. The molecule has 2 fully saturated rings. The lowest BCUT2D eigenvalue weighted by atomic mass is 10.1. The number of hydrogen-bond acceptors (Lipinski definition) is 3. The molecular formula is C18H28N4O. The summed E-state index contributed by atoms with van der Waals surface area (Å²) in [6.45, 7) is 4.90. The van der Waals surface area contributed by atoms with E-state index in [0.29, 0.717) is 6.54 Å². The highest BCUT2D eigenvalue weighted by Crippen LogP contribution is 2.24. The minimum absolute atomic E-state index is 0.0541. The van der Waals surface area contributed by atoms with Crippen LogP contribution in [0.15, 0.2) is 24.3 Å². The molecule has 5 nitrogen and oxygen atoms in total. The molecule has 2 saturated heterocycles. The first-order chi connectivity index (χ1) is 11.2. The number of nitrogens with zero attached hydrogens (tertiary/aromatic N) is 2. The maximum absolute atomic E-state index is 12.2. The standard InChI is InChI=1S/C18H28N4O/c1-21-10-6-8-16(14-21)20-18(23)19-13-15-7-2-3-9-17(15)22-11-4-5-12-22/h2-3,7,9,16H,4-6,8,10-14H2,1H3,(H2,19,20,23). The summed E-state index contributed by atoms with van der Waals surface area (Å²) in [5.74, 6) is 0. The Morgan fingerprint density at radius 2 is 1.96 bits per heavy atom. The summed E-state index contributed by atoms with van der Waals surface area (Å²) in [7, 11) is 2.11. The molecule has 1 aromatic carbocycles. The van der Waals surface area contributed by atoms with Crippen molar-refractivity contribution in [1.82, 2.24) is 15.5 Å². The molecule has 23 heavy (non-hydrogen) atoms. The summed E-state index contributed by atoms with van der Waals surface area (Å²) in [4.78, 5) is 16.9. The average molecular weight is 316 g/mol. The second-order valence-electron chi connectivity index (χ2n) is 6.75. The first kappa shape index (κ1) is 16.1. The van der Waals surface area contributed by atoms with Crippen LogP contribution in [0.25, 0.3) is 0 Å². The lowest BCUT2D eigenvalue weighted by Crippen LogP contribution is -2.49. The van der Waals surface area contributed by atoms with Gasteiger partial charge in [0.25, 0.3) is 0 Å². The number of rotatable bonds is 4. The quantitative estimate of drug-likeness (QED) is 0.895. The zero-order chi connectivity index (χ0) is 16.1. The van der Waals surface area contributed by atoms with E-state index < -0.39 is 0 Å². The molecule has 0 spiro atoms. The third kappa shape index (κ3) is 4.38. The molecule has 3 rings (SSSR count). The van der Waals surface area contributed by atoms with Crippen molar-refractivity contribution in [2.45, 2.75) is 38.3 Å². The Bertz CT molecular complexity index is 528. The van der Waals surface area contributed by atoms with Crippen LogP contribution in [0.2, 0.25) is 0 Å². The van der Waals surface area contributed by atoms with Gasteiger partial charge in [0, 0.05) is 37.9 Å².